The maximum absolute atomic E-state index is 12.8. The van der Waals surface area contributed by atoms with Gasteiger partial charge in [-0.2, -0.15) is 8.42 Å². The predicted molar refractivity (Wildman–Crippen MR) is 122 cm³/mol. The Labute approximate surface area is 193 Å². The van der Waals surface area contributed by atoms with Crippen molar-refractivity contribution in [2.24, 2.45) is 0 Å². The van der Waals surface area contributed by atoms with E-state index in [9.17, 15) is 18.0 Å². The zero-order valence-electron chi connectivity index (χ0n) is 18.3. The molecule has 9 nitrogen and oxygen atoms in total. The van der Waals surface area contributed by atoms with Crippen LogP contribution in [0.1, 0.15) is 24.0 Å². The van der Waals surface area contributed by atoms with E-state index in [4.69, 9.17) is 13.7 Å². The third-order valence-corrected chi connectivity index (χ3v) is 6.08. The van der Waals surface area contributed by atoms with Crippen molar-refractivity contribution in [3.63, 3.8) is 0 Å². The Morgan fingerprint density at radius 1 is 1.15 bits per heavy atom. The molecule has 0 aromatic heterocycles. The van der Waals surface area contributed by atoms with E-state index in [1.807, 2.05) is 42.5 Å². The molecular formula is C23H26N2O7S. The van der Waals surface area contributed by atoms with E-state index in [1.165, 1.54) is 4.90 Å². The summed E-state index contributed by atoms with van der Waals surface area (Å²) in [6.45, 7) is 0.694. The number of anilines is 2. The third kappa shape index (κ3) is 5.82. The Hall–Kier alpha value is -3.11. The highest BCUT2D eigenvalue weighted by molar-refractivity contribution is 7.85. The van der Waals surface area contributed by atoms with Crippen LogP contribution >= 0.6 is 0 Å². The number of carbonyl (C=O) groups is 2. The van der Waals surface area contributed by atoms with Gasteiger partial charge in [-0.25, -0.2) is 9.59 Å². The standard InChI is InChI=1S/C23H26N2O7S/c1-33(28,29)31-16-20-14-25(23(27)32-20)19-10-11-21-18(13-19)9-5-6-12-24(21)22(26)30-15-17-7-3-2-4-8-17/h2-4,7-8,10-11,13,20H,5-6,9,12,14-16H2,1H3. The third-order valence-electron chi connectivity index (χ3n) is 5.51. The maximum Gasteiger partial charge on any atom is 0.414 e. The summed E-state index contributed by atoms with van der Waals surface area (Å²) in [6.07, 6.45) is 1.78. The minimum atomic E-state index is -3.62. The fraction of sp³-hybridized carbons (Fsp3) is 0.391. The number of cyclic esters (lactones) is 1. The molecule has 33 heavy (non-hydrogen) atoms. The quantitative estimate of drug-likeness (QED) is 0.591. The molecule has 1 saturated heterocycles. The van der Waals surface area contributed by atoms with Crippen LogP contribution in [0.2, 0.25) is 0 Å². The van der Waals surface area contributed by atoms with E-state index in [-0.39, 0.29) is 19.8 Å². The van der Waals surface area contributed by atoms with E-state index < -0.39 is 28.4 Å². The van der Waals surface area contributed by atoms with Crippen LogP contribution in [0.5, 0.6) is 0 Å². The van der Waals surface area contributed by atoms with E-state index >= 15 is 0 Å². The van der Waals surface area contributed by atoms with Gasteiger partial charge in [0.15, 0.2) is 0 Å². The largest absolute Gasteiger partial charge is 0.444 e. The predicted octanol–water partition coefficient (Wildman–Crippen LogP) is 3.47. The van der Waals surface area contributed by atoms with Crippen molar-refractivity contribution in [3.05, 3.63) is 59.7 Å². The van der Waals surface area contributed by atoms with Gasteiger partial charge < -0.3 is 9.47 Å². The van der Waals surface area contributed by atoms with Crippen molar-refractivity contribution < 1.29 is 31.7 Å². The van der Waals surface area contributed by atoms with Gasteiger partial charge in [0, 0.05) is 12.2 Å². The Morgan fingerprint density at radius 3 is 2.70 bits per heavy atom. The molecule has 176 valence electrons. The van der Waals surface area contributed by atoms with Crippen LogP contribution in [0.4, 0.5) is 21.0 Å². The summed E-state index contributed by atoms with van der Waals surface area (Å²) in [5, 5.41) is 0. The Bertz CT molecular complexity index is 1120. The first-order chi connectivity index (χ1) is 15.8. The molecule has 0 spiro atoms. The van der Waals surface area contributed by atoms with Crippen molar-refractivity contribution in [2.75, 3.05) is 35.8 Å². The van der Waals surface area contributed by atoms with E-state index in [2.05, 4.69) is 0 Å². The molecule has 0 radical (unpaired) electrons. The van der Waals surface area contributed by atoms with Gasteiger partial charge in [-0.1, -0.05) is 30.3 Å². The zero-order valence-corrected chi connectivity index (χ0v) is 19.1. The maximum atomic E-state index is 12.8. The number of benzene rings is 2. The summed E-state index contributed by atoms with van der Waals surface area (Å²) in [5.41, 5.74) is 3.24. The minimum absolute atomic E-state index is 0.177. The van der Waals surface area contributed by atoms with Gasteiger partial charge in [0.1, 0.15) is 19.3 Å². The van der Waals surface area contributed by atoms with Crippen molar-refractivity contribution in [1.82, 2.24) is 0 Å². The molecule has 0 bridgehead atoms. The van der Waals surface area contributed by atoms with Crippen LogP contribution in [0, 0.1) is 0 Å². The summed E-state index contributed by atoms with van der Waals surface area (Å²) < 4.78 is 37.9. The number of fused-ring (bicyclic) bond motifs is 1. The van der Waals surface area contributed by atoms with Crippen molar-refractivity contribution in [1.29, 1.82) is 0 Å². The number of ether oxygens (including phenoxy) is 2. The number of aryl methyl sites for hydroxylation is 1. The second-order valence-corrected chi connectivity index (χ2v) is 9.71. The highest BCUT2D eigenvalue weighted by Gasteiger charge is 2.34. The van der Waals surface area contributed by atoms with Crippen molar-refractivity contribution in [2.45, 2.75) is 32.0 Å². The van der Waals surface area contributed by atoms with Gasteiger partial charge in [-0.15, -0.1) is 0 Å². The molecule has 2 amide bonds. The van der Waals surface area contributed by atoms with Gasteiger partial charge in [-0.05, 0) is 48.6 Å². The smallest absolute Gasteiger partial charge is 0.414 e. The lowest BCUT2D eigenvalue weighted by Gasteiger charge is -2.23. The number of nitrogens with zero attached hydrogens (tertiary/aromatic N) is 2. The molecule has 0 aliphatic carbocycles. The van der Waals surface area contributed by atoms with E-state index in [1.54, 1.807) is 11.0 Å². The molecule has 0 N–H and O–H groups in total. The van der Waals surface area contributed by atoms with E-state index in [0.29, 0.717) is 12.2 Å². The lowest BCUT2D eigenvalue weighted by molar-refractivity contribution is 0.107. The number of amides is 2. The Balaban J connectivity index is 1.47. The number of carbonyl (C=O) groups excluding carboxylic acids is 2. The molecule has 2 aromatic rings. The molecule has 1 unspecified atom stereocenters. The Kier molecular flexibility index (Phi) is 6.85. The average molecular weight is 475 g/mol. The molecular weight excluding hydrogens is 448 g/mol. The monoisotopic (exact) mass is 474 g/mol. The second-order valence-electron chi connectivity index (χ2n) is 8.07. The van der Waals surface area contributed by atoms with Gasteiger partial charge >= 0.3 is 12.2 Å². The lowest BCUT2D eigenvalue weighted by atomic mass is 10.1. The molecule has 2 aromatic carbocycles. The molecule has 2 aliphatic heterocycles. The van der Waals surface area contributed by atoms with Crippen LogP contribution in [0.15, 0.2) is 48.5 Å². The van der Waals surface area contributed by atoms with Crippen molar-refractivity contribution in [3.8, 4) is 0 Å². The lowest BCUT2D eigenvalue weighted by Crippen LogP contribution is -2.32. The highest BCUT2D eigenvalue weighted by Crippen LogP contribution is 2.32. The molecule has 0 saturated carbocycles. The summed E-state index contributed by atoms with van der Waals surface area (Å²) in [7, 11) is -3.62. The average Bonchev–Trinajstić information content (AvgIpc) is 3.03. The summed E-state index contributed by atoms with van der Waals surface area (Å²) in [4.78, 5) is 28.3. The molecule has 2 aliphatic rings. The van der Waals surface area contributed by atoms with Gasteiger partial charge in [0.05, 0.1) is 18.5 Å². The summed E-state index contributed by atoms with van der Waals surface area (Å²) in [5.74, 6) is 0. The van der Waals surface area contributed by atoms with Crippen molar-refractivity contribution >= 4 is 33.7 Å². The van der Waals surface area contributed by atoms with Gasteiger partial charge in [-0.3, -0.25) is 14.0 Å². The van der Waals surface area contributed by atoms with Crippen LogP contribution in [-0.2, 0) is 36.8 Å². The summed E-state index contributed by atoms with van der Waals surface area (Å²) in [6, 6.07) is 14.9. The number of rotatable bonds is 6. The van der Waals surface area contributed by atoms with E-state index in [0.717, 1.165) is 42.3 Å². The fourth-order valence-electron chi connectivity index (χ4n) is 3.91. The molecule has 2 heterocycles. The first-order valence-corrected chi connectivity index (χ1v) is 12.6. The second kappa shape index (κ2) is 9.80. The highest BCUT2D eigenvalue weighted by atomic mass is 32.2. The van der Waals surface area contributed by atoms with Gasteiger partial charge in [0.25, 0.3) is 10.1 Å². The first-order valence-electron chi connectivity index (χ1n) is 10.7. The zero-order chi connectivity index (χ0) is 23.4. The molecule has 4 rings (SSSR count). The van der Waals surface area contributed by atoms with Crippen LogP contribution < -0.4 is 9.80 Å². The summed E-state index contributed by atoms with van der Waals surface area (Å²) >= 11 is 0. The molecule has 1 atom stereocenters. The fourth-order valence-corrected chi connectivity index (χ4v) is 4.31. The topological polar surface area (TPSA) is 102 Å². The normalized spacial score (nSPS) is 18.5. The SMILES string of the molecule is CS(=O)(=O)OCC1CN(c2ccc3c(c2)CCCCN3C(=O)OCc2ccccc2)C(=O)O1. The van der Waals surface area contributed by atoms with Crippen LogP contribution in [0.3, 0.4) is 0 Å². The number of hydrogen-bond acceptors (Lipinski definition) is 7. The molecule has 10 heteroatoms. The van der Waals surface area contributed by atoms with Crippen LogP contribution in [0.25, 0.3) is 0 Å². The Morgan fingerprint density at radius 2 is 1.94 bits per heavy atom. The molecule has 1 fully saturated rings. The first kappa shape index (κ1) is 23.1. The van der Waals surface area contributed by atoms with Crippen LogP contribution in [-0.4, -0.2) is 52.7 Å². The minimum Gasteiger partial charge on any atom is -0.444 e. The number of hydrogen-bond donors (Lipinski definition) is 0. The van der Waals surface area contributed by atoms with Gasteiger partial charge in [0.2, 0.25) is 0 Å².